The lowest BCUT2D eigenvalue weighted by atomic mass is 10.3. The van der Waals surface area contributed by atoms with Gasteiger partial charge in [0, 0.05) is 12.7 Å². The monoisotopic (exact) mass is 261 g/mol. The second-order valence-corrected chi connectivity index (χ2v) is 4.06. The highest BCUT2D eigenvalue weighted by Gasteiger charge is 2.12. The van der Waals surface area contributed by atoms with Gasteiger partial charge in [0.25, 0.3) is 5.56 Å². The molecule has 1 aromatic carbocycles. The van der Waals surface area contributed by atoms with Crippen molar-refractivity contribution in [2.24, 2.45) is 0 Å². The zero-order valence-electron chi connectivity index (χ0n) is 10.5. The van der Waals surface area contributed by atoms with Crippen LogP contribution in [0.5, 0.6) is 0 Å². The van der Waals surface area contributed by atoms with Gasteiger partial charge >= 0.3 is 0 Å². The molecule has 0 saturated carbocycles. The molecule has 0 fully saturated rings. The number of nitrogens with two attached hydrogens (primary N) is 2. The number of carbonyl (C=O) groups excluding carboxylic acids is 1. The SMILES string of the molecule is CNC(=O)Cn1c(=O)c(N)cn1-c1cccc(N)c1. The van der Waals surface area contributed by atoms with E-state index < -0.39 is 5.56 Å². The highest BCUT2D eigenvalue weighted by atomic mass is 16.2. The van der Waals surface area contributed by atoms with Crippen LogP contribution in [0.3, 0.4) is 0 Å². The van der Waals surface area contributed by atoms with Crippen LogP contribution in [0.4, 0.5) is 11.4 Å². The zero-order chi connectivity index (χ0) is 14.0. The van der Waals surface area contributed by atoms with E-state index >= 15 is 0 Å². The molecule has 7 nitrogen and oxygen atoms in total. The van der Waals surface area contributed by atoms with Gasteiger partial charge in [-0.15, -0.1) is 0 Å². The van der Waals surface area contributed by atoms with Gasteiger partial charge in [-0.1, -0.05) is 6.07 Å². The molecular weight excluding hydrogens is 246 g/mol. The van der Waals surface area contributed by atoms with Crippen LogP contribution in [-0.4, -0.2) is 22.3 Å². The third-order valence-electron chi connectivity index (χ3n) is 2.71. The summed E-state index contributed by atoms with van der Waals surface area (Å²) in [5, 5.41) is 2.46. The van der Waals surface area contributed by atoms with Crippen LogP contribution in [0.25, 0.3) is 5.69 Å². The summed E-state index contributed by atoms with van der Waals surface area (Å²) in [4.78, 5) is 23.3. The maximum Gasteiger partial charge on any atom is 0.290 e. The summed E-state index contributed by atoms with van der Waals surface area (Å²) in [6, 6.07) is 6.96. The summed E-state index contributed by atoms with van der Waals surface area (Å²) in [5.74, 6) is -0.287. The molecule has 0 bridgehead atoms. The minimum atomic E-state index is -0.411. The molecule has 0 aliphatic heterocycles. The van der Waals surface area contributed by atoms with Crippen molar-refractivity contribution in [2.75, 3.05) is 18.5 Å². The number of rotatable bonds is 3. The summed E-state index contributed by atoms with van der Waals surface area (Å²) in [5.41, 5.74) is 12.2. The molecular formula is C12H15N5O2. The number of anilines is 2. The van der Waals surface area contributed by atoms with E-state index in [0.717, 1.165) is 0 Å². The first-order chi connectivity index (χ1) is 9.02. The molecule has 2 rings (SSSR count). The Hall–Kier alpha value is -2.70. The van der Waals surface area contributed by atoms with E-state index in [2.05, 4.69) is 5.32 Å². The number of likely N-dealkylation sites (N-methyl/N-ethyl adjacent to an activating group) is 1. The van der Waals surface area contributed by atoms with Crippen molar-refractivity contribution in [1.82, 2.24) is 14.7 Å². The molecule has 100 valence electrons. The Balaban J connectivity index is 2.54. The molecule has 1 aromatic heterocycles. The number of benzene rings is 1. The fraction of sp³-hybridized carbons (Fsp3) is 0.167. The van der Waals surface area contributed by atoms with E-state index in [1.807, 2.05) is 0 Å². The average Bonchev–Trinajstić information content (AvgIpc) is 2.67. The first kappa shape index (κ1) is 12.7. The second kappa shape index (κ2) is 4.89. The number of nitrogens with zero attached hydrogens (tertiary/aromatic N) is 2. The van der Waals surface area contributed by atoms with Gasteiger partial charge in [-0.2, -0.15) is 0 Å². The van der Waals surface area contributed by atoms with Crippen LogP contribution in [0.2, 0.25) is 0 Å². The molecule has 1 heterocycles. The third kappa shape index (κ3) is 2.44. The van der Waals surface area contributed by atoms with Crippen molar-refractivity contribution in [3.05, 3.63) is 40.8 Å². The van der Waals surface area contributed by atoms with Crippen molar-refractivity contribution in [3.63, 3.8) is 0 Å². The summed E-state index contributed by atoms with van der Waals surface area (Å²) < 4.78 is 2.77. The smallest absolute Gasteiger partial charge is 0.290 e. The standard InChI is InChI=1S/C12H15N5O2/c1-15-11(18)7-17-12(19)10(14)6-16(17)9-4-2-3-8(13)5-9/h2-6H,7,13-14H2,1H3,(H,15,18). The molecule has 19 heavy (non-hydrogen) atoms. The molecule has 0 atom stereocenters. The Morgan fingerprint density at radius 1 is 1.37 bits per heavy atom. The number of carbonyl (C=O) groups is 1. The van der Waals surface area contributed by atoms with Crippen LogP contribution in [0, 0.1) is 0 Å². The number of hydrogen-bond donors (Lipinski definition) is 3. The largest absolute Gasteiger partial charge is 0.399 e. The highest BCUT2D eigenvalue weighted by Crippen LogP contribution is 2.12. The van der Waals surface area contributed by atoms with Crippen molar-refractivity contribution in [1.29, 1.82) is 0 Å². The van der Waals surface area contributed by atoms with E-state index in [4.69, 9.17) is 11.5 Å². The van der Waals surface area contributed by atoms with Crippen molar-refractivity contribution in [3.8, 4) is 5.69 Å². The fourth-order valence-electron chi connectivity index (χ4n) is 1.75. The number of amides is 1. The Morgan fingerprint density at radius 2 is 2.11 bits per heavy atom. The van der Waals surface area contributed by atoms with Gasteiger partial charge in [0.05, 0.1) is 11.9 Å². The van der Waals surface area contributed by atoms with Crippen molar-refractivity contribution >= 4 is 17.3 Å². The maximum atomic E-state index is 11.9. The van der Waals surface area contributed by atoms with Gasteiger partial charge in [0.15, 0.2) is 0 Å². The number of nitrogen functional groups attached to an aromatic ring is 2. The zero-order valence-corrected chi connectivity index (χ0v) is 10.5. The third-order valence-corrected chi connectivity index (χ3v) is 2.71. The topological polar surface area (TPSA) is 108 Å². The Morgan fingerprint density at radius 3 is 2.74 bits per heavy atom. The van der Waals surface area contributed by atoms with E-state index in [1.165, 1.54) is 22.6 Å². The minimum Gasteiger partial charge on any atom is -0.399 e. The van der Waals surface area contributed by atoms with Gasteiger partial charge in [-0.3, -0.25) is 14.3 Å². The highest BCUT2D eigenvalue weighted by molar-refractivity contribution is 5.75. The molecule has 7 heteroatoms. The summed E-state index contributed by atoms with van der Waals surface area (Å²) in [6.45, 7) is -0.110. The first-order valence-electron chi connectivity index (χ1n) is 5.67. The van der Waals surface area contributed by atoms with Gasteiger partial charge in [-0.25, -0.2) is 4.68 Å². The lowest BCUT2D eigenvalue weighted by molar-refractivity contribution is -0.121. The Labute approximate surface area is 109 Å². The number of nitrogens with one attached hydrogen (secondary N) is 1. The first-order valence-corrected chi connectivity index (χ1v) is 5.67. The number of hydrogen-bond acceptors (Lipinski definition) is 4. The lowest BCUT2D eigenvalue weighted by Gasteiger charge is -2.11. The molecule has 0 radical (unpaired) electrons. The van der Waals surface area contributed by atoms with Crippen molar-refractivity contribution < 1.29 is 4.79 Å². The van der Waals surface area contributed by atoms with Crippen LogP contribution < -0.4 is 22.3 Å². The van der Waals surface area contributed by atoms with Crippen LogP contribution in [-0.2, 0) is 11.3 Å². The van der Waals surface area contributed by atoms with Crippen LogP contribution in [0.15, 0.2) is 35.3 Å². The van der Waals surface area contributed by atoms with E-state index in [1.54, 1.807) is 24.3 Å². The summed E-state index contributed by atoms with van der Waals surface area (Å²) >= 11 is 0. The average molecular weight is 261 g/mol. The molecule has 2 aromatic rings. The number of aromatic nitrogens is 2. The van der Waals surface area contributed by atoms with E-state index in [0.29, 0.717) is 11.4 Å². The van der Waals surface area contributed by atoms with Crippen LogP contribution in [0.1, 0.15) is 0 Å². The van der Waals surface area contributed by atoms with Gasteiger partial charge in [-0.05, 0) is 18.2 Å². The second-order valence-electron chi connectivity index (χ2n) is 4.06. The molecule has 0 aliphatic rings. The summed E-state index contributed by atoms with van der Waals surface area (Å²) in [6.07, 6.45) is 1.47. The quantitative estimate of drug-likeness (QED) is 0.650. The van der Waals surface area contributed by atoms with E-state index in [-0.39, 0.29) is 18.1 Å². The molecule has 0 saturated heterocycles. The Kier molecular flexibility index (Phi) is 3.28. The molecule has 5 N–H and O–H groups in total. The van der Waals surface area contributed by atoms with Crippen molar-refractivity contribution in [2.45, 2.75) is 6.54 Å². The Bertz CT molecular complexity index is 671. The van der Waals surface area contributed by atoms with E-state index in [9.17, 15) is 9.59 Å². The molecule has 0 unspecified atom stereocenters. The lowest BCUT2D eigenvalue weighted by Crippen LogP contribution is -2.32. The van der Waals surface area contributed by atoms with Gasteiger partial charge < -0.3 is 16.8 Å². The summed E-state index contributed by atoms with van der Waals surface area (Å²) in [7, 11) is 1.50. The predicted octanol–water partition coefficient (Wildman–Crippen LogP) is -0.451. The molecule has 0 aliphatic carbocycles. The predicted molar refractivity (Wildman–Crippen MR) is 72.9 cm³/mol. The van der Waals surface area contributed by atoms with Gasteiger partial charge in [0.1, 0.15) is 12.2 Å². The molecule has 1 amide bonds. The minimum absolute atomic E-state index is 0.0753. The fourth-order valence-corrected chi connectivity index (χ4v) is 1.75. The van der Waals surface area contributed by atoms with Crippen LogP contribution >= 0.6 is 0 Å². The molecule has 0 spiro atoms. The normalized spacial score (nSPS) is 10.4. The van der Waals surface area contributed by atoms with Gasteiger partial charge in [0.2, 0.25) is 5.91 Å². The maximum absolute atomic E-state index is 11.9.